The Morgan fingerprint density at radius 2 is 2.13 bits per heavy atom. The molecule has 8 nitrogen and oxygen atoms in total. The molecule has 4 heterocycles. The van der Waals surface area contributed by atoms with Gasteiger partial charge < -0.3 is 29.7 Å². The second-order valence-corrected chi connectivity index (χ2v) is 8.53. The lowest BCUT2D eigenvalue weighted by Crippen LogP contribution is -2.29. The number of methoxy groups -OCH3 is 1. The molecule has 0 saturated carbocycles. The van der Waals surface area contributed by atoms with Crippen molar-refractivity contribution in [2.75, 3.05) is 34.8 Å². The predicted molar refractivity (Wildman–Crippen MR) is 123 cm³/mol. The highest BCUT2D eigenvalue weighted by atomic mass is 16.5. The number of hydrazine groups is 1. The molecular weight excluding hydrogens is 392 g/mol. The number of aliphatic imine (C=N–C) groups is 1. The third-order valence-corrected chi connectivity index (χ3v) is 5.96. The number of likely N-dealkylation sites (N-methyl/N-ethyl adjacent to an activating group) is 2. The first-order valence-corrected chi connectivity index (χ1v) is 10.4. The molecule has 2 unspecified atom stereocenters. The van der Waals surface area contributed by atoms with E-state index >= 15 is 0 Å². The van der Waals surface area contributed by atoms with Crippen LogP contribution in [-0.2, 0) is 6.54 Å². The molecule has 2 aromatic heterocycles. The van der Waals surface area contributed by atoms with Crippen LogP contribution in [0.4, 0.5) is 5.82 Å². The van der Waals surface area contributed by atoms with Crippen LogP contribution in [0.5, 0.6) is 5.75 Å². The van der Waals surface area contributed by atoms with Crippen molar-refractivity contribution in [3.63, 3.8) is 0 Å². The largest absolute Gasteiger partial charge is 0.497 e. The molecule has 0 spiro atoms. The summed E-state index contributed by atoms with van der Waals surface area (Å²) in [5.74, 6) is 1.68. The zero-order valence-electron chi connectivity index (χ0n) is 18.3. The fourth-order valence-corrected chi connectivity index (χ4v) is 4.58. The third-order valence-electron chi connectivity index (χ3n) is 5.96. The number of fused-ring (bicyclic) bond motifs is 4. The molecule has 0 radical (unpaired) electrons. The SMILES string of the molecule is COc1ccc2c(c1)c(-c1cc3c([nH]1)N=CC1=CNN(C)C13)cn2CC(O)CN(C)C. The van der Waals surface area contributed by atoms with Crippen molar-refractivity contribution in [2.45, 2.75) is 18.7 Å². The van der Waals surface area contributed by atoms with Gasteiger partial charge in [-0.25, -0.2) is 10.0 Å². The van der Waals surface area contributed by atoms with Crippen LogP contribution in [0.15, 0.2) is 47.2 Å². The van der Waals surface area contributed by atoms with Crippen LogP contribution < -0.4 is 10.2 Å². The Labute approximate surface area is 181 Å². The van der Waals surface area contributed by atoms with Gasteiger partial charge in [-0.3, -0.25) is 0 Å². The summed E-state index contributed by atoms with van der Waals surface area (Å²) < 4.78 is 7.61. The predicted octanol–water partition coefficient (Wildman–Crippen LogP) is 2.66. The average Bonchev–Trinajstić information content (AvgIpc) is 3.42. The third kappa shape index (κ3) is 3.42. The molecule has 5 rings (SSSR count). The smallest absolute Gasteiger partial charge is 0.135 e. The van der Waals surface area contributed by atoms with Gasteiger partial charge in [-0.15, -0.1) is 0 Å². The molecule has 1 aromatic carbocycles. The van der Waals surface area contributed by atoms with E-state index in [9.17, 15) is 5.11 Å². The Morgan fingerprint density at radius 1 is 1.29 bits per heavy atom. The van der Waals surface area contributed by atoms with Gasteiger partial charge >= 0.3 is 0 Å². The van der Waals surface area contributed by atoms with Gasteiger partial charge in [0.25, 0.3) is 0 Å². The molecular formula is C23H28N6O2. The molecule has 2 aliphatic heterocycles. The van der Waals surface area contributed by atoms with Crippen molar-refractivity contribution in [2.24, 2.45) is 4.99 Å². The highest BCUT2D eigenvalue weighted by Crippen LogP contribution is 2.42. The minimum Gasteiger partial charge on any atom is -0.497 e. The summed E-state index contributed by atoms with van der Waals surface area (Å²) in [5, 5.41) is 13.7. The quantitative estimate of drug-likeness (QED) is 0.571. The lowest BCUT2D eigenvalue weighted by molar-refractivity contribution is 0.121. The number of aliphatic hydroxyl groups is 1. The molecule has 2 atom stereocenters. The number of nitrogens with one attached hydrogen (secondary N) is 2. The molecule has 0 bridgehead atoms. The standard InChI is InChI=1S/C23H28N6O2/c1-27(2)11-15(30)12-29-13-19(17-7-16(31-4)5-6-21(17)29)20-8-18-22-14(10-25-28(22)3)9-24-23(18)26-20/h5-10,13,15,22,25-26,30H,11-12H2,1-4H3. The number of H-pyrrole nitrogens is 1. The van der Waals surface area contributed by atoms with Crippen LogP contribution in [0.1, 0.15) is 11.6 Å². The zero-order chi connectivity index (χ0) is 21.7. The molecule has 0 amide bonds. The van der Waals surface area contributed by atoms with Gasteiger partial charge in [0.1, 0.15) is 11.6 Å². The van der Waals surface area contributed by atoms with Crippen molar-refractivity contribution in [1.29, 1.82) is 0 Å². The highest BCUT2D eigenvalue weighted by molar-refractivity contribution is 5.97. The number of hydrogen-bond acceptors (Lipinski definition) is 6. The number of benzene rings is 1. The van der Waals surface area contributed by atoms with Crippen LogP contribution in [0.2, 0.25) is 0 Å². The maximum Gasteiger partial charge on any atom is 0.135 e. The number of aromatic nitrogens is 2. The number of aliphatic hydroxyl groups excluding tert-OH is 1. The lowest BCUT2D eigenvalue weighted by atomic mass is 10.00. The summed E-state index contributed by atoms with van der Waals surface area (Å²) >= 11 is 0. The maximum absolute atomic E-state index is 10.5. The monoisotopic (exact) mass is 420 g/mol. The van der Waals surface area contributed by atoms with Crippen molar-refractivity contribution in [3.05, 3.63) is 47.8 Å². The lowest BCUT2D eigenvalue weighted by Gasteiger charge is -2.23. The van der Waals surface area contributed by atoms with Crippen molar-refractivity contribution in [1.82, 2.24) is 24.9 Å². The van der Waals surface area contributed by atoms with E-state index < -0.39 is 6.10 Å². The van der Waals surface area contributed by atoms with Crippen LogP contribution >= 0.6 is 0 Å². The van der Waals surface area contributed by atoms with E-state index in [2.05, 4.69) is 49.4 Å². The molecule has 0 aliphatic carbocycles. The van der Waals surface area contributed by atoms with Crippen LogP contribution in [-0.4, -0.2) is 71.7 Å². The molecule has 3 N–H and O–H groups in total. The maximum atomic E-state index is 10.5. The normalized spacial score (nSPS) is 18.8. The zero-order valence-corrected chi connectivity index (χ0v) is 18.3. The van der Waals surface area contributed by atoms with E-state index in [0.717, 1.165) is 44.9 Å². The van der Waals surface area contributed by atoms with Crippen molar-refractivity contribution >= 4 is 22.9 Å². The van der Waals surface area contributed by atoms with Gasteiger partial charge in [-0.2, -0.15) is 0 Å². The molecule has 0 saturated heterocycles. The topological polar surface area (TPSA) is 81.0 Å². The van der Waals surface area contributed by atoms with Gasteiger partial charge in [0.2, 0.25) is 0 Å². The van der Waals surface area contributed by atoms with E-state index in [1.165, 1.54) is 0 Å². The van der Waals surface area contributed by atoms with Gasteiger partial charge in [0.15, 0.2) is 0 Å². The number of aromatic amines is 1. The summed E-state index contributed by atoms with van der Waals surface area (Å²) in [4.78, 5) is 10.1. The fraction of sp³-hybridized carbons (Fsp3) is 0.348. The number of hydrogen-bond donors (Lipinski definition) is 3. The van der Waals surface area contributed by atoms with Crippen molar-refractivity contribution in [3.8, 4) is 17.0 Å². The molecule has 31 heavy (non-hydrogen) atoms. The first kappa shape index (κ1) is 19.9. The first-order chi connectivity index (χ1) is 14.9. The molecule has 8 heteroatoms. The summed E-state index contributed by atoms with van der Waals surface area (Å²) in [6.45, 7) is 1.12. The Kier molecular flexibility index (Phi) is 4.85. The second kappa shape index (κ2) is 7.56. The van der Waals surface area contributed by atoms with Gasteiger partial charge in [-0.1, -0.05) is 0 Å². The van der Waals surface area contributed by atoms with Gasteiger partial charge in [0.05, 0.1) is 19.3 Å². The Bertz CT molecular complexity index is 1190. The number of ether oxygens (including phenoxy) is 1. The molecule has 3 aromatic rings. The van der Waals surface area contributed by atoms with Gasteiger partial charge in [-0.05, 0) is 38.4 Å². The second-order valence-electron chi connectivity index (χ2n) is 8.53. The Morgan fingerprint density at radius 3 is 2.90 bits per heavy atom. The Hall–Kier alpha value is -3.07. The Balaban J connectivity index is 1.59. The first-order valence-electron chi connectivity index (χ1n) is 10.4. The summed E-state index contributed by atoms with van der Waals surface area (Å²) in [6, 6.07) is 8.39. The number of rotatable bonds is 6. The van der Waals surface area contributed by atoms with Crippen LogP contribution in [0, 0.1) is 0 Å². The summed E-state index contributed by atoms with van der Waals surface area (Å²) in [5.41, 5.74) is 8.67. The highest BCUT2D eigenvalue weighted by Gasteiger charge is 2.32. The minimum atomic E-state index is -0.465. The van der Waals surface area contributed by atoms with E-state index in [1.807, 2.05) is 44.5 Å². The van der Waals surface area contributed by atoms with E-state index in [4.69, 9.17) is 4.74 Å². The summed E-state index contributed by atoms with van der Waals surface area (Å²) in [7, 11) is 7.65. The van der Waals surface area contributed by atoms with E-state index in [-0.39, 0.29) is 6.04 Å². The van der Waals surface area contributed by atoms with Crippen LogP contribution in [0.25, 0.3) is 22.2 Å². The fourth-order valence-electron chi connectivity index (χ4n) is 4.58. The molecule has 0 fully saturated rings. The molecule has 162 valence electrons. The van der Waals surface area contributed by atoms with E-state index in [0.29, 0.717) is 13.1 Å². The summed E-state index contributed by atoms with van der Waals surface area (Å²) in [6.07, 6.45) is 5.55. The van der Waals surface area contributed by atoms with Crippen LogP contribution in [0.3, 0.4) is 0 Å². The van der Waals surface area contributed by atoms with E-state index in [1.54, 1.807) is 7.11 Å². The van der Waals surface area contributed by atoms with Crippen molar-refractivity contribution < 1.29 is 9.84 Å². The number of nitrogens with zero attached hydrogens (tertiary/aromatic N) is 4. The minimum absolute atomic E-state index is 0.141. The average molecular weight is 421 g/mol. The molecule has 2 aliphatic rings. The van der Waals surface area contributed by atoms with Gasteiger partial charge in [0, 0.05) is 72.0 Å².